The molecular formula is C7H10ClNO. The van der Waals surface area contributed by atoms with Crippen molar-refractivity contribution >= 4 is 11.6 Å². The van der Waals surface area contributed by atoms with E-state index in [1.165, 1.54) is 0 Å². The van der Waals surface area contributed by atoms with Gasteiger partial charge in [0.25, 0.3) is 0 Å². The summed E-state index contributed by atoms with van der Waals surface area (Å²) < 4.78 is 5.10. The standard InChI is InChI=1S/C7H10ClNO/c1-2-3-7-9-6(4-8)5-10-7/h5H,2-4H2,1H3. The van der Waals surface area contributed by atoms with Gasteiger partial charge in [-0.1, -0.05) is 6.92 Å². The van der Waals surface area contributed by atoms with E-state index in [0.717, 1.165) is 24.4 Å². The van der Waals surface area contributed by atoms with E-state index in [-0.39, 0.29) is 0 Å². The lowest BCUT2D eigenvalue weighted by Gasteiger charge is -1.85. The van der Waals surface area contributed by atoms with Crippen LogP contribution in [0.15, 0.2) is 10.7 Å². The summed E-state index contributed by atoms with van der Waals surface area (Å²) in [6, 6.07) is 0. The first-order chi connectivity index (χ1) is 4.86. The molecule has 0 aliphatic carbocycles. The highest BCUT2D eigenvalue weighted by molar-refractivity contribution is 6.16. The topological polar surface area (TPSA) is 26.0 Å². The van der Waals surface area contributed by atoms with Crippen LogP contribution in [-0.2, 0) is 12.3 Å². The second kappa shape index (κ2) is 3.62. The maximum Gasteiger partial charge on any atom is 0.194 e. The molecular weight excluding hydrogens is 150 g/mol. The third-order valence-corrected chi connectivity index (χ3v) is 1.47. The molecule has 0 saturated heterocycles. The van der Waals surface area contributed by atoms with Crippen LogP contribution in [0.2, 0.25) is 0 Å². The quantitative estimate of drug-likeness (QED) is 0.633. The molecule has 0 N–H and O–H groups in total. The first-order valence-electron chi connectivity index (χ1n) is 3.36. The van der Waals surface area contributed by atoms with E-state index < -0.39 is 0 Å². The summed E-state index contributed by atoms with van der Waals surface area (Å²) in [5.41, 5.74) is 0.824. The minimum Gasteiger partial charge on any atom is -0.449 e. The molecule has 0 aliphatic rings. The highest BCUT2D eigenvalue weighted by atomic mass is 35.5. The summed E-state index contributed by atoms with van der Waals surface area (Å²) in [6.45, 7) is 2.09. The van der Waals surface area contributed by atoms with Gasteiger partial charge < -0.3 is 4.42 Å². The molecule has 10 heavy (non-hydrogen) atoms. The number of hydrogen-bond acceptors (Lipinski definition) is 2. The van der Waals surface area contributed by atoms with Gasteiger partial charge in [0.2, 0.25) is 0 Å². The van der Waals surface area contributed by atoms with Crippen LogP contribution in [-0.4, -0.2) is 4.98 Å². The minimum absolute atomic E-state index is 0.438. The Morgan fingerprint density at radius 3 is 3.00 bits per heavy atom. The predicted molar refractivity (Wildman–Crippen MR) is 40.1 cm³/mol. The van der Waals surface area contributed by atoms with Gasteiger partial charge in [0.05, 0.1) is 11.6 Å². The highest BCUT2D eigenvalue weighted by Gasteiger charge is 1.99. The number of aromatic nitrogens is 1. The Morgan fingerprint density at radius 1 is 1.70 bits per heavy atom. The van der Waals surface area contributed by atoms with Gasteiger partial charge in [-0.3, -0.25) is 0 Å². The van der Waals surface area contributed by atoms with Gasteiger partial charge in [-0.2, -0.15) is 0 Å². The van der Waals surface area contributed by atoms with E-state index in [0.29, 0.717) is 5.88 Å². The molecule has 0 amide bonds. The summed E-state index contributed by atoms with van der Waals surface area (Å²) in [5.74, 6) is 1.23. The van der Waals surface area contributed by atoms with Crippen molar-refractivity contribution in [3.05, 3.63) is 17.8 Å². The lowest BCUT2D eigenvalue weighted by atomic mass is 10.3. The van der Waals surface area contributed by atoms with Crippen LogP contribution in [0.1, 0.15) is 24.9 Å². The van der Waals surface area contributed by atoms with Gasteiger partial charge in [0.15, 0.2) is 5.89 Å². The van der Waals surface area contributed by atoms with Crippen molar-refractivity contribution < 1.29 is 4.42 Å². The van der Waals surface area contributed by atoms with Gasteiger partial charge in [0.1, 0.15) is 6.26 Å². The lowest BCUT2D eigenvalue weighted by Crippen LogP contribution is -1.83. The predicted octanol–water partition coefficient (Wildman–Crippen LogP) is 2.37. The van der Waals surface area contributed by atoms with Crippen LogP contribution >= 0.6 is 11.6 Å². The fourth-order valence-corrected chi connectivity index (χ4v) is 0.862. The fourth-order valence-electron chi connectivity index (χ4n) is 0.739. The Bertz CT molecular complexity index is 197. The van der Waals surface area contributed by atoms with Gasteiger partial charge in [0, 0.05) is 6.42 Å². The molecule has 0 saturated carbocycles. The van der Waals surface area contributed by atoms with Gasteiger partial charge in [-0.15, -0.1) is 11.6 Å². The number of alkyl halides is 1. The van der Waals surface area contributed by atoms with E-state index in [9.17, 15) is 0 Å². The molecule has 0 radical (unpaired) electrons. The summed E-state index contributed by atoms with van der Waals surface area (Å²) in [7, 11) is 0. The molecule has 0 bridgehead atoms. The Balaban J connectivity index is 2.59. The summed E-state index contributed by atoms with van der Waals surface area (Å²) in [4.78, 5) is 4.12. The average Bonchev–Trinajstić information content (AvgIpc) is 2.37. The monoisotopic (exact) mass is 159 g/mol. The van der Waals surface area contributed by atoms with Crippen molar-refractivity contribution in [2.45, 2.75) is 25.6 Å². The molecule has 3 heteroatoms. The van der Waals surface area contributed by atoms with E-state index in [1.54, 1.807) is 6.26 Å². The van der Waals surface area contributed by atoms with Gasteiger partial charge in [-0.25, -0.2) is 4.98 Å². The molecule has 2 nitrogen and oxygen atoms in total. The van der Waals surface area contributed by atoms with Crippen molar-refractivity contribution in [3.63, 3.8) is 0 Å². The number of oxazole rings is 1. The van der Waals surface area contributed by atoms with E-state index in [1.807, 2.05) is 0 Å². The SMILES string of the molecule is CCCc1nc(CCl)co1. The van der Waals surface area contributed by atoms with Crippen molar-refractivity contribution in [1.29, 1.82) is 0 Å². The number of aryl methyl sites for hydroxylation is 1. The third kappa shape index (κ3) is 1.74. The maximum absolute atomic E-state index is 5.52. The normalized spacial score (nSPS) is 10.2. The van der Waals surface area contributed by atoms with E-state index in [2.05, 4.69) is 11.9 Å². The summed E-state index contributed by atoms with van der Waals surface area (Å²) in [6.07, 6.45) is 3.57. The second-order valence-electron chi connectivity index (χ2n) is 2.12. The maximum atomic E-state index is 5.52. The largest absolute Gasteiger partial charge is 0.449 e. The zero-order chi connectivity index (χ0) is 7.40. The number of nitrogens with zero attached hydrogens (tertiary/aromatic N) is 1. The molecule has 0 unspecified atom stereocenters. The van der Waals surface area contributed by atoms with Crippen molar-refractivity contribution in [2.24, 2.45) is 0 Å². The first kappa shape index (κ1) is 7.61. The van der Waals surface area contributed by atoms with E-state index >= 15 is 0 Å². The van der Waals surface area contributed by atoms with E-state index in [4.69, 9.17) is 16.0 Å². The van der Waals surface area contributed by atoms with Crippen LogP contribution in [0.25, 0.3) is 0 Å². The summed E-state index contributed by atoms with van der Waals surface area (Å²) >= 11 is 5.52. The van der Waals surface area contributed by atoms with Crippen LogP contribution in [0.5, 0.6) is 0 Å². The molecule has 0 aliphatic heterocycles. The van der Waals surface area contributed by atoms with Gasteiger partial charge in [-0.05, 0) is 6.42 Å². The summed E-state index contributed by atoms with van der Waals surface area (Å²) in [5, 5.41) is 0. The number of rotatable bonds is 3. The molecule has 1 aromatic rings. The van der Waals surface area contributed by atoms with Crippen molar-refractivity contribution in [2.75, 3.05) is 0 Å². The zero-order valence-corrected chi connectivity index (χ0v) is 6.69. The minimum atomic E-state index is 0.438. The van der Waals surface area contributed by atoms with Crippen LogP contribution in [0.3, 0.4) is 0 Å². The molecule has 0 fully saturated rings. The molecule has 0 spiro atoms. The molecule has 1 rings (SSSR count). The Morgan fingerprint density at radius 2 is 2.50 bits per heavy atom. The van der Waals surface area contributed by atoms with Crippen LogP contribution in [0.4, 0.5) is 0 Å². The second-order valence-corrected chi connectivity index (χ2v) is 2.38. The lowest BCUT2D eigenvalue weighted by molar-refractivity contribution is 0.491. The molecule has 56 valence electrons. The fraction of sp³-hybridized carbons (Fsp3) is 0.571. The Kier molecular flexibility index (Phi) is 2.75. The number of hydrogen-bond donors (Lipinski definition) is 0. The first-order valence-corrected chi connectivity index (χ1v) is 3.89. The Hall–Kier alpha value is -0.500. The van der Waals surface area contributed by atoms with Crippen LogP contribution in [0, 0.1) is 0 Å². The average molecular weight is 160 g/mol. The molecule has 0 aromatic carbocycles. The van der Waals surface area contributed by atoms with Crippen molar-refractivity contribution in [3.8, 4) is 0 Å². The third-order valence-electron chi connectivity index (χ3n) is 1.20. The molecule has 0 atom stereocenters. The molecule has 1 heterocycles. The highest BCUT2D eigenvalue weighted by Crippen LogP contribution is 2.05. The zero-order valence-electron chi connectivity index (χ0n) is 5.93. The van der Waals surface area contributed by atoms with Crippen molar-refractivity contribution in [1.82, 2.24) is 4.98 Å². The number of halogens is 1. The van der Waals surface area contributed by atoms with Crippen LogP contribution < -0.4 is 0 Å². The van der Waals surface area contributed by atoms with Gasteiger partial charge >= 0.3 is 0 Å². The Labute approximate surface area is 65.2 Å². The molecule has 1 aromatic heterocycles. The smallest absolute Gasteiger partial charge is 0.194 e.